The van der Waals surface area contributed by atoms with E-state index in [4.69, 9.17) is 0 Å². The lowest BCUT2D eigenvalue weighted by molar-refractivity contribution is -0.117. The van der Waals surface area contributed by atoms with Crippen LogP contribution in [0, 0.1) is 20.8 Å². The van der Waals surface area contributed by atoms with Gasteiger partial charge in [-0.3, -0.25) is 9.59 Å². The molecule has 2 rings (SSSR count). The molecule has 0 heterocycles. The highest BCUT2D eigenvalue weighted by atomic mass is 16.2. The van der Waals surface area contributed by atoms with Crippen LogP contribution < -0.4 is 15.1 Å². The summed E-state index contributed by atoms with van der Waals surface area (Å²) in [5, 5.41) is 2.97. The Morgan fingerprint density at radius 2 is 1.66 bits per heavy atom. The lowest BCUT2D eigenvalue weighted by atomic mass is 10.1. The molecular formula is C24H33N3O2. The second kappa shape index (κ2) is 10.1. The van der Waals surface area contributed by atoms with Gasteiger partial charge in [0.15, 0.2) is 0 Å². The Bertz CT molecular complexity index is 872. The summed E-state index contributed by atoms with van der Waals surface area (Å²) >= 11 is 0. The van der Waals surface area contributed by atoms with E-state index in [0.29, 0.717) is 6.54 Å². The normalized spacial score (nSPS) is 10.6. The Morgan fingerprint density at radius 3 is 2.24 bits per heavy atom. The number of carbonyl (C=O) groups is 2. The van der Waals surface area contributed by atoms with Crippen molar-refractivity contribution >= 4 is 28.9 Å². The number of nitrogens with one attached hydrogen (secondary N) is 1. The molecule has 0 aromatic heterocycles. The van der Waals surface area contributed by atoms with Crippen molar-refractivity contribution in [1.29, 1.82) is 0 Å². The van der Waals surface area contributed by atoms with Crippen molar-refractivity contribution in [3.05, 3.63) is 53.1 Å². The molecule has 5 nitrogen and oxygen atoms in total. The van der Waals surface area contributed by atoms with Gasteiger partial charge in [0, 0.05) is 50.0 Å². The molecule has 0 unspecified atom stereocenters. The fourth-order valence-corrected chi connectivity index (χ4v) is 3.49. The fourth-order valence-electron chi connectivity index (χ4n) is 3.49. The van der Waals surface area contributed by atoms with Gasteiger partial charge in [0.2, 0.25) is 11.8 Å². The highest BCUT2D eigenvalue weighted by Gasteiger charge is 2.17. The third kappa shape index (κ3) is 5.59. The first-order chi connectivity index (χ1) is 13.8. The molecule has 29 heavy (non-hydrogen) atoms. The Hall–Kier alpha value is -2.82. The van der Waals surface area contributed by atoms with Crippen molar-refractivity contribution in [2.45, 2.75) is 48.0 Å². The molecule has 1 N–H and O–H groups in total. The molecular weight excluding hydrogens is 362 g/mol. The van der Waals surface area contributed by atoms with E-state index in [9.17, 15) is 9.59 Å². The summed E-state index contributed by atoms with van der Waals surface area (Å²) in [5.41, 5.74) is 6.05. The number of amides is 2. The van der Waals surface area contributed by atoms with Crippen LogP contribution in [0.1, 0.15) is 43.9 Å². The molecule has 0 aliphatic rings. The predicted molar refractivity (Wildman–Crippen MR) is 122 cm³/mol. The SMILES string of the molecule is CCN(CC)c1ccc(N(CCC(=O)Nc2cccc(C)c2C)C(C)=O)c(C)c1. The quantitative estimate of drug-likeness (QED) is 0.696. The molecule has 2 amide bonds. The summed E-state index contributed by atoms with van der Waals surface area (Å²) in [4.78, 5) is 28.7. The number of hydrogen-bond donors (Lipinski definition) is 1. The number of carbonyl (C=O) groups excluding carboxylic acids is 2. The molecule has 5 heteroatoms. The number of hydrogen-bond acceptors (Lipinski definition) is 3. The Labute approximate surface area is 174 Å². The average Bonchev–Trinajstić information content (AvgIpc) is 2.67. The zero-order chi connectivity index (χ0) is 21.6. The van der Waals surface area contributed by atoms with Crippen LogP contribution in [0.25, 0.3) is 0 Å². The van der Waals surface area contributed by atoms with Crippen molar-refractivity contribution in [3.8, 4) is 0 Å². The maximum atomic E-state index is 12.5. The molecule has 0 spiro atoms. The zero-order valence-electron chi connectivity index (χ0n) is 18.5. The van der Waals surface area contributed by atoms with Crippen LogP contribution in [0.4, 0.5) is 17.1 Å². The average molecular weight is 396 g/mol. The van der Waals surface area contributed by atoms with Crippen molar-refractivity contribution in [2.24, 2.45) is 0 Å². The van der Waals surface area contributed by atoms with E-state index >= 15 is 0 Å². The van der Waals surface area contributed by atoms with Crippen LogP contribution in [0.2, 0.25) is 0 Å². The summed E-state index contributed by atoms with van der Waals surface area (Å²) in [6.45, 7) is 14.0. The summed E-state index contributed by atoms with van der Waals surface area (Å²) in [6.07, 6.45) is 0.240. The van der Waals surface area contributed by atoms with Crippen LogP contribution >= 0.6 is 0 Å². The second-order valence-electron chi connectivity index (χ2n) is 7.36. The first-order valence-corrected chi connectivity index (χ1v) is 10.3. The third-order valence-corrected chi connectivity index (χ3v) is 5.42. The first-order valence-electron chi connectivity index (χ1n) is 10.3. The highest BCUT2D eigenvalue weighted by molar-refractivity contribution is 5.95. The van der Waals surface area contributed by atoms with Gasteiger partial charge in [-0.1, -0.05) is 12.1 Å². The zero-order valence-corrected chi connectivity index (χ0v) is 18.5. The summed E-state index contributed by atoms with van der Waals surface area (Å²) in [7, 11) is 0. The minimum atomic E-state index is -0.0950. The smallest absolute Gasteiger partial charge is 0.226 e. The molecule has 0 radical (unpaired) electrons. The molecule has 0 aliphatic carbocycles. The lowest BCUT2D eigenvalue weighted by Crippen LogP contribution is -2.32. The monoisotopic (exact) mass is 395 g/mol. The van der Waals surface area contributed by atoms with Crippen molar-refractivity contribution < 1.29 is 9.59 Å². The number of benzene rings is 2. The molecule has 0 bridgehead atoms. The molecule has 0 atom stereocenters. The van der Waals surface area contributed by atoms with Gasteiger partial charge in [0.05, 0.1) is 0 Å². The van der Waals surface area contributed by atoms with Gasteiger partial charge in [-0.15, -0.1) is 0 Å². The van der Waals surface area contributed by atoms with Gasteiger partial charge in [-0.05, 0) is 75.6 Å². The van der Waals surface area contributed by atoms with Gasteiger partial charge >= 0.3 is 0 Å². The largest absolute Gasteiger partial charge is 0.372 e. The van der Waals surface area contributed by atoms with Crippen LogP contribution in [-0.4, -0.2) is 31.4 Å². The van der Waals surface area contributed by atoms with Crippen molar-refractivity contribution in [1.82, 2.24) is 0 Å². The molecule has 0 aliphatic heterocycles. The van der Waals surface area contributed by atoms with Crippen LogP contribution in [-0.2, 0) is 9.59 Å². The minimum Gasteiger partial charge on any atom is -0.372 e. The van der Waals surface area contributed by atoms with E-state index in [1.807, 2.05) is 51.1 Å². The van der Waals surface area contributed by atoms with E-state index in [-0.39, 0.29) is 18.2 Å². The number of nitrogens with zero attached hydrogens (tertiary/aromatic N) is 2. The van der Waals surface area contributed by atoms with Crippen LogP contribution in [0.5, 0.6) is 0 Å². The topological polar surface area (TPSA) is 52.6 Å². The summed E-state index contributed by atoms with van der Waals surface area (Å²) in [6, 6.07) is 12.0. The Kier molecular flexibility index (Phi) is 7.82. The maximum Gasteiger partial charge on any atom is 0.226 e. The summed E-state index contributed by atoms with van der Waals surface area (Å²) < 4.78 is 0. The molecule has 0 saturated heterocycles. The van der Waals surface area contributed by atoms with E-state index in [2.05, 4.69) is 30.1 Å². The molecule has 0 fully saturated rings. The van der Waals surface area contributed by atoms with Crippen LogP contribution in [0.3, 0.4) is 0 Å². The van der Waals surface area contributed by atoms with Gasteiger partial charge in [0.1, 0.15) is 0 Å². The maximum absolute atomic E-state index is 12.5. The highest BCUT2D eigenvalue weighted by Crippen LogP contribution is 2.26. The summed E-state index contributed by atoms with van der Waals surface area (Å²) in [5.74, 6) is -0.161. The molecule has 0 saturated carbocycles. The molecule has 2 aromatic carbocycles. The van der Waals surface area contributed by atoms with Gasteiger partial charge in [0.25, 0.3) is 0 Å². The van der Waals surface area contributed by atoms with Crippen molar-refractivity contribution in [3.63, 3.8) is 0 Å². The first kappa shape index (κ1) is 22.5. The van der Waals surface area contributed by atoms with E-state index in [1.54, 1.807) is 11.8 Å². The van der Waals surface area contributed by atoms with E-state index in [1.165, 1.54) is 0 Å². The standard InChI is InChI=1S/C24H33N3O2/c1-7-26(8-2)21-12-13-23(18(4)16-21)27(20(6)28)15-14-24(29)25-22-11-9-10-17(3)19(22)5/h9-13,16H,7-8,14-15H2,1-6H3,(H,25,29). The van der Waals surface area contributed by atoms with Crippen molar-refractivity contribution in [2.75, 3.05) is 34.8 Å². The minimum absolute atomic E-state index is 0.0665. The van der Waals surface area contributed by atoms with Gasteiger partial charge in [-0.2, -0.15) is 0 Å². The fraction of sp³-hybridized carbons (Fsp3) is 0.417. The van der Waals surface area contributed by atoms with Crippen LogP contribution in [0.15, 0.2) is 36.4 Å². The Balaban J connectivity index is 2.11. The lowest BCUT2D eigenvalue weighted by Gasteiger charge is -2.26. The third-order valence-electron chi connectivity index (χ3n) is 5.42. The number of anilines is 3. The van der Waals surface area contributed by atoms with E-state index < -0.39 is 0 Å². The van der Waals surface area contributed by atoms with E-state index in [0.717, 1.165) is 46.8 Å². The molecule has 156 valence electrons. The number of aryl methyl sites for hydroxylation is 2. The van der Waals surface area contributed by atoms with Gasteiger partial charge < -0.3 is 15.1 Å². The predicted octanol–water partition coefficient (Wildman–Crippen LogP) is 4.84. The Morgan fingerprint density at radius 1 is 0.966 bits per heavy atom. The van der Waals surface area contributed by atoms with Gasteiger partial charge in [-0.25, -0.2) is 0 Å². The molecule has 2 aromatic rings. The second-order valence-corrected chi connectivity index (χ2v) is 7.36. The number of rotatable bonds is 8.